The molecule has 1 aromatic rings. The first-order valence-corrected chi connectivity index (χ1v) is 6.46. The first-order valence-electron chi connectivity index (χ1n) is 4.81. The maximum atomic E-state index is 12.7. The highest BCUT2D eigenvalue weighted by molar-refractivity contribution is 7.91. The van der Waals surface area contributed by atoms with Gasteiger partial charge in [-0.25, -0.2) is 12.8 Å². The van der Waals surface area contributed by atoms with Gasteiger partial charge in [0, 0.05) is 5.56 Å². The molecular formula is C11H13FO3S. The number of rotatable bonds is 4. The lowest BCUT2D eigenvalue weighted by Crippen LogP contribution is -2.14. The van der Waals surface area contributed by atoms with Gasteiger partial charge in [0.2, 0.25) is 0 Å². The van der Waals surface area contributed by atoms with E-state index < -0.39 is 21.8 Å². The minimum absolute atomic E-state index is 0.0435. The fourth-order valence-corrected chi connectivity index (χ4v) is 2.64. The Bertz CT molecular complexity index is 474. The van der Waals surface area contributed by atoms with Crippen molar-refractivity contribution in [2.45, 2.75) is 24.9 Å². The normalized spacial score (nSPS) is 13.4. The molecule has 0 aliphatic heterocycles. The van der Waals surface area contributed by atoms with E-state index in [1.807, 2.05) is 0 Å². The van der Waals surface area contributed by atoms with Crippen molar-refractivity contribution in [2.75, 3.05) is 5.75 Å². The van der Waals surface area contributed by atoms with E-state index in [1.165, 1.54) is 38.1 Å². The molecule has 0 saturated carbocycles. The van der Waals surface area contributed by atoms with Gasteiger partial charge in [0.25, 0.3) is 0 Å². The van der Waals surface area contributed by atoms with Gasteiger partial charge in [-0.15, -0.1) is 0 Å². The SMILES string of the molecule is CC(=O)c1ccc(S(=O)(=O)CC(C)F)cc1. The van der Waals surface area contributed by atoms with Gasteiger partial charge in [-0.05, 0) is 26.0 Å². The Labute approximate surface area is 94.2 Å². The molecule has 1 aromatic carbocycles. The zero-order valence-electron chi connectivity index (χ0n) is 9.10. The van der Waals surface area contributed by atoms with Crippen molar-refractivity contribution < 1.29 is 17.6 Å². The molecule has 0 aromatic heterocycles. The van der Waals surface area contributed by atoms with Gasteiger partial charge in [0.05, 0.1) is 10.6 Å². The van der Waals surface area contributed by atoms with Crippen molar-refractivity contribution >= 4 is 15.6 Å². The highest BCUT2D eigenvalue weighted by Crippen LogP contribution is 2.14. The predicted octanol–water partition coefficient (Wildman–Crippen LogP) is 2.02. The number of alkyl halides is 1. The van der Waals surface area contributed by atoms with E-state index in [0.29, 0.717) is 5.56 Å². The molecule has 0 radical (unpaired) electrons. The average Bonchev–Trinajstić information content (AvgIpc) is 2.16. The van der Waals surface area contributed by atoms with Crippen LogP contribution >= 0.6 is 0 Å². The number of Topliss-reactive ketones (excluding diaryl/α,β-unsaturated/α-hetero) is 1. The lowest BCUT2D eigenvalue weighted by Gasteiger charge is -2.05. The van der Waals surface area contributed by atoms with Crippen LogP contribution in [0, 0.1) is 0 Å². The molecule has 16 heavy (non-hydrogen) atoms. The van der Waals surface area contributed by atoms with E-state index in [1.54, 1.807) is 0 Å². The number of carbonyl (C=O) groups excluding carboxylic acids is 1. The Balaban J connectivity index is 3.02. The van der Waals surface area contributed by atoms with Crippen LogP contribution in [-0.4, -0.2) is 26.1 Å². The molecular weight excluding hydrogens is 231 g/mol. The molecule has 0 N–H and O–H groups in total. The molecule has 0 aliphatic rings. The highest BCUT2D eigenvalue weighted by atomic mass is 32.2. The minimum atomic E-state index is -3.59. The van der Waals surface area contributed by atoms with Crippen LogP contribution in [0.4, 0.5) is 4.39 Å². The van der Waals surface area contributed by atoms with Gasteiger partial charge in [-0.2, -0.15) is 0 Å². The van der Waals surface area contributed by atoms with Crippen molar-refractivity contribution in [2.24, 2.45) is 0 Å². The Hall–Kier alpha value is -1.23. The number of hydrogen-bond acceptors (Lipinski definition) is 3. The number of ketones is 1. The zero-order valence-corrected chi connectivity index (χ0v) is 9.92. The molecule has 0 fully saturated rings. The summed E-state index contributed by atoms with van der Waals surface area (Å²) in [4.78, 5) is 11.0. The third-order valence-electron chi connectivity index (χ3n) is 2.07. The van der Waals surface area contributed by atoms with Crippen LogP contribution in [0.5, 0.6) is 0 Å². The van der Waals surface area contributed by atoms with Gasteiger partial charge in [0.1, 0.15) is 6.17 Å². The molecule has 0 saturated heterocycles. The second kappa shape index (κ2) is 4.74. The van der Waals surface area contributed by atoms with Gasteiger partial charge >= 0.3 is 0 Å². The lowest BCUT2D eigenvalue weighted by atomic mass is 10.2. The largest absolute Gasteiger partial charge is 0.295 e. The van der Waals surface area contributed by atoms with Crippen LogP contribution in [0.1, 0.15) is 24.2 Å². The van der Waals surface area contributed by atoms with Crippen molar-refractivity contribution in [1.29, 1.82) is 0 Å². The maximum absolute atomic E-state index is 12.7. The summed E-state index contributed by atoms with van der Waals surface area (Å²) >= 11 is 0. The molecule has 0 heterocycles. The van der Waals surface area contributed by atoms with Crippen molar-refractivity contribution in [3.05, 3.63) is 29.8 Å². The Morgan fingerprint density at radius 2 is 1.81 bits per heavy atom. The summed E-state index contributed by atoms with van der Waals surface area (Å²) < 4.78 is 35.9. The Morgan fingerprint density at radius 3 is 2.19 bits per heavy atom. The van der Waals surface area contributed by atoms with E-state index in [4.69, 9.17) is 0 Å². The summed E-state index contributed by atoms with van der Waals surface area (Å²) in [5, 5.41) is 0. The van der Waals surface area contributed by atoms with Crippen molar-refractivity contribution in [3.8, 4) is 0 Å². The fourth-order valence-electron chi connectivity index (χ4n) is 1.30. The number of carbonyl (C=O) groups is 1. The van der Waals surface area contributed by atoms with Crippen molar-refractivity contribution in [3.63, 3.8) is 0 Å². The average molecular weight is 244 g/mol. The molecule has 0 spiro atoms. The van der Waals surface area contributed by atoms with Gasteiger partial charge in [-0.3, -0.25) is 4.79 Å². The molecule has 1 unspecified atom stereocenters. The van der Waals surface area contributed by atoms with E-state index in [-0.39, 0.29) is 10.7 Å². The van der Waals surface area contributed by atoms with Crippen LogP contribution in [0.2, 0.25) is 0 Å². The molecule has 0 bridgehead atoms. The maximum Gasteiger partial charge on any atom is 0.181 e. The van der Waals surface area contributed by atoms with E-state index >= 15 is 0 Å². The fraction of sp³-hybridized carbons (Fsp3) is 0.364. The predicted molar refractivity (Wildman–Crippen MR) is 59.1 cm³/mol. The summed E-state index contributed by atoms with van der Waals surface area (Å²) in [7, 11) is -3.59. The standard InChI is InChI=1S/C11H13FO3S/c1-8(12)7-16(14,15)11-5-3-10(4-6-11)9(2)13/h3-6,8H,7H2,1-2H3. The Morgan fingerprint density at radius 1 is 1.31 bits per heavy atom. The van der Waals surface area contributed by atoms with E-state index in [2.05, 4.69) is 0 Å². The molecule has 3 nitrogen and oxygen atoms in total. The summed E-state index contributed by atoms with van der Waals surface area (Å²) in [6, 6.07) is 5.51. The van der Waals surface area contributed by atoms with E-state index in [9.17, 15) is 17.6 Å². The van der Waals surface area contributed by atoms with Crippen molar-refractivity contribution in [1.82, 2.24) is 0 Å². The first-order chi connectivity index (χ1) is 7.33. The number of halogens is 1. The number of sulfone groups is 1. The molecule has 0 amide bonds. The van der Waals surface area contributed by atoms with Gasteiger partial charge < -0.3 is 0 Å². The van der Waals surface area contributed by atoms with Crippen LogP contribution < -0.4 is 0 Å². The van der Waals surface area contributed by atoms with Crippen LogP contribution in [0.25, 0.3) is 0 Å². The third kappa shape index (κ3) is 3.13. The molecule has 5 heteroatoms. The number of benzene rings is 1. The van der Waals surface area contributed by atoms with Crippen LogP contribution in [0.3, 0.4) is 0 Å². The summed E-state index contributed by atoms with van der Waals surface area (Å²) in [6.45, 7) is 2.59. The molecule has 0 aliphatic carbocycles. The lowest BCUT2D eigenvalue weighted by molar-refractivity contribution is 0.101. The molecule has 1 rings (SSSR count). The topological polar surface area (TPSA) is 51.2 Å². The van der Waals surface area contributed by atoms with Crippen LogP contribution in [-0.2, 0) is 9.84 Å². The second-order valence-corrected chi connectivity index (χ2v) is 5.68. The van der Waals surface area contributed by atoms with Crippen LogP contribution in [0.15, 0.2) is 29.2 Å². The van der Waals surface area contributed by atoms with E-state index in [0.717, 1.165) is 0 Å². The quantitative estimate of drug-likeness (QED) is 0.761. The minimum Gasteiger partial charge on any atom is -0.295 e. The number of hydrogen-bond donors (Lipinski definition) is 0. The summed E-state index contributed by atoms with van der Waals surface area (Å²) in [5.74, 6) is -0.672. The zero-order chi connectivity index (χ0) is 12.3. The van der Waals surface area contributed by atoms with Gasteiger partial charge in [0.15, 0.2) is 15.6 Å². The Kier molecular flexibility index (Phi) is 3.80. The van der Waals surface area contributed by atoms with Gasteiger partial charge in [-0.1, -0.05) is 12.1 Å². The summed E-state index contributed by atoms with van der Waals surface area (Å²) in [5.41, 5.74) is 0.437. The monoisotopic (exact) mass is 244 g/mol. The molecule has 88 valence electrons. The smallest absolute Gasteiger partial charge is 0.181 e. The second-order valence-electron chi connectivity index (χ2n) is 3.64. The molecule has 1 atom stereocenters. The third-order valence-corrected chi connectivity index (χ3v) is 3.96. The highest BCUT2D eigenvalue weighted by Gasteiger charge is 2.18. The first kappa shape index (κ1) is 12.8. The summed E-state index contributed by atoms with van der Waals surface area (Å²) in [6.07, 6.45) is -1.41.